The van der Waals surface area contributed by atoms with E-state index in [-0.39, 0.29) is 21.3 Å². The zero-order valence-corrected chi connectivity index (χ0v) is 11.4. The van der Waals surface area contributed by atoms with E-state index in [2.05, 4.69) is 0 Å². The summed E-state index contributed by atoms with van der Waals surface area (Å²) in [7, 11) is -3.66. The molecule has 0 atom stereocenters. The minimum atomic E-state index is -3.66. The lowest BCUT2D eigenvalue weighted by molar-refractivity contribution is 0.474. The first-order valence-electron chi connectivity index (χ1n) is 5.66. The van der Waals surface area contributed by atoms with Crippen molar-refractivity contribution in [2.45, 2.75) is 23.6 Å². The van der Waals surface area contributed by atoms with Crippen LogP contribution in [0.5, 0.6) is 11.5 Å². The number of hydrogen-bond acceptors (Lipinski definition) is 4. The van der Waals surface area contributed by atoms with Gasteiger partial charge in [-0.1, -0.05) is 0 Å². The Morgan fingerprint density at radius 3 is 1.47 bits per heavy atom. The van der Waals surface area contributed by atoms with Gasteiger partial charge >= 0.3 is 0 Å². The molecular formula is C14H14O4S. The Kier molecular flexibility index (Phi) is 3.24. The minimum absolute atomic E-state index is 0.0267. The van der Waals surface area contributed by atoms with Crippen molar-refractivity contribution in [3.63, 3.8) is 0 Å². The van der Waals surface area contributed by atoms with Crippen LogP contribution >= 0.6 is 0 Å². The SMILES string of the molecule is Cc1cc(O)ccc1S(=O)(=O)c1ccc(O)cc1C. The molecule has 2 N–H and O–H groups in total. The highest BCUT2D eigenvalue weighted by Crippen LogP contribution is 2.29. The first-order valence-corrected chi connectivity index (χ1v) is 7.15. The van der Waals surface area contributed by atoms with E-state index in [0.29, 0.717) is 11.1 Å². The fraction of sp³-hybridized carbons (Fsp3) is 0.143. The van der Waals surface area contributed by atoms with Crippen LogP contribution in [-0.2, 0) is 9.84 Å². The third-order valence-electron chi connectivity index (χ3n) is 2.90. The summed E-state index contributed by atoms with van der Waals surface area (Å²) in [5.41, 5.74) is 0.958. The topological polar surface area (TPSA) is 74.6 Å². The molecular weight excluding hydrogens is 264 g/mol. The van der Waals surface area contributed by atoms with Gasteiger partial charge in [-0.2, -0.15) is 0 Å². The lowest BCUT2D eigenvalue weighted by atomic mass is 10.2. The molecule has 0 amide bonds. The zero-order chi connectivity index (χ0) is 14.2. The maximum Gasteiger partial charge on any atom is 0.207 e. The highest BCUT2D eigenvalue weighted by molar-refractivity contribution is 7.91. The van der Waals surface area contributed by atoms with Crippen LogP contribution in [0.4, 0.5) is 0 Å². The van der Waals surface area contributed by atoms with Crippen LogP contribution in [0.25, 0.3) is 0 Å². The number of phenols is 2. The second-order valence-electron chi connectivity index (χ2n) is 4.40. The fourth-order valence-electron chi connectivity index (χ4n) is 1.99. The van der Waals surface area contributed by atoms with Gasteiger partial charge < -0.3 is 10.2 Å². The van der Waals surface area contributed by atoms with Gasteiger partial charge in [0.1, 0.15) is 11.5 Å². The van der Waals surface area contributed by atoms with Crippen LogP contribution in [-0.4, -0.2) is 18.6 Å². The normalized spacial score (nSPS) is 11.5. The first-order chi connectivity index (χ1) is 8.82. The molecule has 5 heteroatoms. The molecule has 0 aliphatic heterocycles. The van der Waals surface area contributed by atoms with Gasteiger partial charge in [0.25, 0.3) is 0 Å². The zero-order valence-electron chi connectivity index (χ0n) is 10.6. The van der Waals surface area contributed by atoms with Gasteiger partial charge in [0.2, 0.25) is 9.84 Å². The number of rotatable bonds is 2. The highest BCUT2D eigenvalue weighted by atomic mass is 32.2. The van der Waals surface area contributed by atoms with E-state index in [4.69, 9.17) is 0 Å². The summed E-state index contributed by atoms with van der Waals surface area (Å²) in [6.07, 6.45) is 0. The summed E-state index contributed by atoms with van der Waals surface area (Å²) in [4.78, 5) is 0.304. The van der Waals surface area contributed by atoms with Crippen molar-refractivity contribution >= 4 is 9.84 Å². The van der Waals surface area contributed by atoms with Gasteiger partial charge in [-0.15, -0.1) is 0 Å². The molecule has 100 valence electrons. The molecule has 0 bridgehead atoms. The van der Waals surface area contributed by atoms with Crippen molar-refractivity contribution in [2.75, 3.05) is 0 Å². The van der Waals surface area contributed by atoms with Gasteiger partial charge in [-0.3, -0.25) is 0 Å². The third-order valence-corrected chi connectivity index (χ3v) is 4.97. The number of benzene rings is 2. The molecule has 0 radical (unpaired) electrons. The van der Waals surface area contributed by atoms with E-state index in [1.807, 2.05) is 0 Å². The number of aryl methyl sites for hydroxylation is 2. The quantitative estimate of drug-likeness (QED) is 0.885. The Labute approximate surface area is 111 Å². The van der Waals surface area contributed by atoms with E-state index >= 15 is 0 Å². The molecule has 0 fully saturated rings. The summed E-state index contributed by atoms with van der Waals surface area (Å²) in [5, 5.41) is 18.7. The number of hydrogen-bond donors (Lipinski definition) is 2. The lowest BCUT2D eigenvalue weighted by Gasteiger charge is -2.10. The molecule has 0 aliphatic carbocycles. The predicted octanol–water partition coefficient (Wildman–Crippen LogP) is 2.55. The summed E-state index contributed by atoms with van der Waals surface area (Å²) < 4.78 is 25.1. The van der Waals surface area contributed by atoms with Gasteiger partial charge in [-0.25, -0.2) is 8.42 Å². The van der Waals surface area contributed by atoms with Gasteiger partial charge in [-0.05, 0) is 61.4 Å². The molecule has 2 rings (SSSR count). The van der Waals surface area contributed by atoms with Crippen LogP contribution in [0.3, 0.4) is 0 Å². The largest absolute Gasteiger partial charge is 0.508 e. The Morgan fingerprint density at radius 1 is 0.789 bits per heavy atom. The van der Waals surface area contributed by atoms with Crippen molar-refractivity contribution in [2.24, 2.45) is 0 Å². The Bertz CT molecular complexity index is 676. The highest BCUT2D eigenvalue weighted by Gasteiger charge is 2.22. The monoisotopic (exact) mass is 278 g/mol. The number of sulfone groups is 1. The van der Waals surface area contributed by atoms with Crippen LogP contribution < -0.4 is 0 Å². The fourth-order valence-corrected chi connectivity index (χ4v) is 3.69. The third kappa shape index (κ3) is 2.42. The van der Waals surface area contributed by atoms with E-state index in [1.165, 1.54) is 36.4 Å². The average molecular weight is 278 g/mol. The lowest BCUT2D eigenvalue weighted by Crippen LogP contribution is -2.05. The number of aromatic hydroxyl groups is 2. The van der Waals surface area contributed by atoms with E-state index < -0.39 is 9.84 Å². The van der Waals surface area contributed by atoms with Gasteiger partial charge in [0, 0.05) is 0 Å². The Hall–Kier alpha value is -2.01. The Morgan fingerprint density at radius 2 is 1.16 bits per heavy atom. The van der Waals surface area contributed by atoms with Crippen molar-refractivity contribution in [3.8, 4) is 11.5 Å². The molecule has 19 heavy (non-hydrogen) atoms. The maximum absolute atomic E-state index is 12.5. The van der Waals surface area contributed by atoms with Crippen LogP contribution in [0.1, 0.15) is 11.1 Å². The van der Waals surface area contributed by atoms with E-state index in [1.54, 1.807) is 13.8 Å². The Balaban J connectivity index is 2.65. The first kappa shape index (κ1) is 13.4. The summed E-state index contributed by atoms with van der Waals surface area (Å²) >= 11 is 0. The number of phenolic OH excluding ortho intramolecular Hbond substituents is 2. The standard InChI is InChI=1S/C14H14O4S/c1-9-7-11(15)3-5-13(9)19(17,18)14-6-4-12(16)8-10(14)2/h3-8,15-16H,1-2H3. The molecule has 0 aliphatic rings. The molecule has 0 aromatic heterocycles. The average Bonchev–Trinajstić information content (AvgIpc) is 2.27. The van der Waals surface area contributed by atoms with E-state index in [9.17, 15) is 18.6 Å². The molecule has 0 unspecified atom stereocenters. The van der Waals surface area contributed by atoms with Crippen molar-refractivity contribution in [1.29, 1.82) is 0 Å². The van der Waals surface area contributed by atoms with Crippen LogP contribution in [0.2, 0.25) is 0 Å². The summed E-state index contributed by atoms with van der Waals surface area (Å²) in [6, 6.07) is 8.26. The smallest absolute Gasteiger partial charge is 0.207 e. The van der Waals surface area contributed by atoms with Crippen molar-refractivity contribution < 1.29 is 18.6 Å². The van der Waals surface area contributed by atoms with Crippen molar-refractivity contribution in [1.82, 2.24) is 0 Å². The maximum atomic E-state index is 12.5. The molecule has 0 spiro atoms. The molecule has 0 saturated carbocycles. The van der Waals surface area contributed by atoms with Gasteiger partial charge in [0.15, 0.2) is 0 Å². The molecule has 0 heterocycles. The molecule has 4 nitrogen and oxygen atoms in total. The van der Waals surface area contributed by atoms with Crippen LogP contribution in [0, 0.1) is 13.8 Å². The van der Waals surface area contributed by atoms with Gasteiger partial charge in [0.05, 0.1) is 9.79 Å². The second kappa shape index (κ2) is 4.59. The predicted molar refractivity (Wildman–Crippen MR) is 71.1 cm³/mol. The molecule has 0 saturated heterocycles. The minimum Gasteiger partial charge on any atom is -0.508 e. The second-order valence-corrected chi connectivity index (χ2v) is 6.29. The van der Waals surface area contributed by atoms with Crippen LogP contribution in [0.15, 0.2) is 46.2 Å². The molecule has 2 aromatic rings. The summed E-state index contributed by atoms with van der Waals surface area (Å²) in [5.74, 6) is 0.0535. The van der Waals surface area contributed by atoms with Crippen molar-refractivity contribution in [3.05, 3.63) is 47.5 Å². The summed E-state index contributed by atoms with van der Waals surface area (Å²) in [6.45, 7) is 3.25. The van der Waals surface area contributed by atoms with E-state index in [0.717, 1.165) is 0 Å². The molecule has 2 aromatic carbocycles.